The Labute approximate surface area is 85.5 Å². The number of amides is 2. The SMILES string of the molecule is O=C(Nc1c(F)cccc1F)NC1CC1. The van der Waals surface area contributed by atoms with E-state index in [4.69, 9.17) is 0 Å². The van der Waals surface area contributed by atoms with Crippen molar-refractivity contribution in [2.24, 2.45) is 0 Å². The van der Waals surface area contributed by atoms with Gasteiger partial charge < -0.3 is 10.6 Å². The van der Waals surface area contributed by atoms with Crippen LogP contribution in [0.2, 0.25) is 0 Å². The second kappa shape index (κ2) is 3.84. The van der Waals surface area contributed by atoms with Gasteiger partial charge in [0.1, 0.15) is 17.3 Å². The molecule has 15 heavy (non-hydrogen) atoms. The third-order valence-electron chi connectivity index (χ3n) is 2.11. The molecule has 0 heterocycles. The van der Waals surface area contributed by atoms with Crippen LogP contribution in [0.4, 0.5) is 19.3 Å². The van der Waals surface area contributed by atoms with Gasteiger partial charge >= 0.3 is 6.03 Å². The Morgan fingerprint density at radius 3 is 2.40 bits per heavy atom. The van der Waals surface area contributed by atoms with E-state index in [1.165, 1.54) is 6.07 Å². The van der Waals surface area contributed by atoms with Crippen molar-refractivity contribution >= 4 is 11.7 Å². The fourth-order valence-corrected chi connectivity index (χ4v) is 1.18. The molecule has 0 spiro atoms. The summed E-state index contributed by atoms with van der Waals surface area (Å²) in [6.45, 7) is 0. The van der Waals surface area contributed by atoms with E-state index in [2.05, 4.69) is 10.6 Å². The van der Waals surface area contributed by atoms with E-state index >= 15 is 0 Å². The lowest BCUT2D eigenvalue weighted by atomic mass is 10.3. The third-order valence-corrected chi connectivity index (χ3v) is 2.11. The molecule has 0 radical (unpaired) electrons. The Morgan fingerprint density at radius 2 is 1.87 bits per heavy atom. The van der Waals surface area contributed by atoms with Crippen LogP contribution in [0.25, 0.3) is 0 Å². The van der Waals surface area contributed by atoms with Crippen molar-refractivity contribution in [1.82, 2.24) is 5.32 Å². The van der Waals surface area contributed by atoms with Crippen LogP contribution >= 0.6 is 0 Å². The summed E-state index contributed by atoms with van der Waals surface area (Å²) in [5, 5.41) is 4.72. The summed E-state index contributed by atoms with van der Waals surface area (Å²) in [4.78, 5) is 11.2. The highest BCUT2D eigenvalue weighted by Gasteiger charge is 2.23. The van der Waals surface area contributed by atoms with Crippen molar-refractivity contribution < 1.29 is 13.6 Å². The Morgan fingerprint density at radius 1 is 1.27 bits per heavy atom. The zero-order valence-corrected chi connectivity index (χ0v) is 7.89. The molecule has 5 heteroatoms. The molecule has 1 aromatic carbocycles. The number of carbonyl (C=O) groups excluding carboxylic acids is 1. The molecule has 2 amide bonds. The molecule has 0 saturated heterocycles. The van der Waals surface area contributed by atoms with Crippen LogP contribution in [-0.4, -0.2) is 12.1 Å². The zero-order chi connectivity index (χ0) is 10.8. The van der Waals surface area contributed by atoms with Gasteiger partial charge in [0, 0.05) is 6.04 Å². The van der Waals surface area contributed by atoms with Gasteiger partial charge in [0.2, 0.25) is 0 Å². The molecule has 1 fully saturated rings. The predicted molar refractivity (Wildman–Crippen MR) is 51.5 cm³/mol. The molecule has 2 N–H and O–H groups in total. The van der Waals surface area contributed by atoms with Crippen molar-refractivity contribution in [3.05, 3.63) is 29.8 Å². The standard InChI is InChI=1S/C10H10F2N2O/c11-7-2-1-3-8(12)9(7)14-10(15)13-6-4-5-6/h1-3,6H,4-5H2,(H2,13,14,15). The summed E-state index contributed by atoms with van der Waals surface area (Å²) in [5.41, 5.74) is -0.407. The number of benzene rings is 1. The van der Waals surface area contributed by atoms with Gasteiger partial charge in [0.25, 0.3) is 0 Å². The first kappa shape index (κ1) is 9.89. The molecule has 0 atom stereocenters. The van der Waals surface area contributed by atoms with Gasteiger partial charge in [0.05, 0.1) is 0 Å². The highest BCUT2D eigenvalue weighted by atomic mass is 19.1. The normalized spacial score (nSPS) is 14.8. The van der Waals surface area contributed by atoms with Crippen LogP contribution in [0.5, 0.6) is 0 Å². The average Bonchev–Trinajstić information content (AvgIpc) is 2.95. The summed E-state index contributed by atoms with van der Waals surface area (Å²) < 4.78 is 26.2. The fraction of sp³-hybridized carbons (Fsp3) is 0.300. The van der Waals surface area contributed by atoms with Gasteiger partial charge in [-0.25, -0.2) is 13.6 Å². The highest BCUT2D eigenvalue weighted by Crippen LogP contribution is 2.20. The molecular weight excluding hydrogens is 202 g/mol. The summed E-state index contributed by atoms with van der Waals surface area (Å²) >= 11 is 0. The van der Waals surface area contributed by atoms with Crippen LogP contribution in [0.15, 0.2) is 18.2 Å². The molecule has 1 aliphatic carbocycles. The molecule has 1 aromatic rings. The maximum atomic E-state index is 13.1. The minimum Gasteiger partial charge on any atom is -0.335 e. The van der Waals surface area contributed by atoms with Gasteiger partial charge in [-0.05, 0) is 25.0 Å². The maximum Gasteiger partial charge on any atom is 0.319 e. The Bertz CT molecular complexity index is 371. The Kier molecular flexibility index (Phi) is 2.53. The quantitative estimate of drug-likeness (QED) is 0.775. The topological polar surface area (TPSA) is 41.1 Å². The first-order valence-electron chi connectivity index (χ1n) is 4.68. The maximum absolute atomic E-state index is 13.1. The number of nitrogens with one attached hydrogen (secondary N) is 2. The van der Waals surface area contributed by atoms with Crippen molar-refractivity contribution in [2.75, 3.05) is 5.32 Å². The molecule has 0 aliphatic heterocycles. The number of hydrogen-bond donors (Lipinski definition) is 2. The lowest BCUT2D eigenvalue weighted by molar-refractivity contribution is 0.251. The summed E-state index contributed by atoms with van der Waals surface area (Å²) in [7, 11) is 0. The molecule has 0 unspecified atom stereocenters. The summed E-state index contributed by atoms with van der Waals surface area (Å²) in [5.74, 6) is -1.55. The molecule has 0 bridgehead atoms. The number of urea groups is 1. The largest absolute Gasteiger partial charge is 0.335 e. The summed E-state index contributed by atoms with van der Waals surface area (Å²) in [6.07, 6.45) is 1.85. The first-order chi connectivity index (χ1) is 7.16. The van der Waals surface area contributed by atoms with E-state index in [9.17, 15) is 13.6 Å². The molecule has 2 rings (SSSR count). The van der Waals surface area contributed by atoms with Crippen molar-refractivity contribution in [3.8, 4) is 0 Å². The Balaban J connectivity index is 2.05. The predicted octanol–water partition coefficient (Wildman–Crippen LogP) is 2.25. The smallest absolute Gasteiger partial charge is 0.319 e. The fourth-order valence-electron chi connectivity index (χ4n) is 1.18. The monoisotopic (exact) mass is 212 g/mol. The van der Waals surface area contributed by atoms with Gasteiger partial charge in [-0.3, -0.25) is 0 Å². The minimum absolute atomic E-state index is 0.153. The highest BCUT2D eigenvalue weighted by molar-refractivity contribution is 5.89. The van der Waals surface area contributed by atoms with Crippen LogP contribution in [0.3, 0.4) is 0 Å². The second-order valence-electron chi connectivity index (χ2n) is 3.47. The second-order valence-corrected chi connectivity index (χ2v) is 3.47. The van der Waals surface area contributed by atoms with Crippen molar-refractivity contribution in [3.63, 3.8) is 0 Å². The van der Waals surface area contributed by atoms with Crippen LogP contribution < -0.4 is 10.6 Å². The van der Waals surface area contributed by atoms with Crippen LogP contribution in [-0.2, 0) is 0 Å². The Hall–Kier alpha value is -1.65. The van der Waals surface area contributed by atoms with Crippen molar-refractivity contribution in [2.45, 2.75) is 18.9 Å². The van der Waals surface area contributed by atoms with E-state index in [-0.39, 0.29) is 6.04 Å². The number of para-hydroxylation sites is 1. The third kappa shape index (κ3) is 2.43. The lowest BCUT2D eigenvalue weighted by Crippen LogP contribution is -2.31. The van der Waals surface area contributed by atoms with Crippen LogP contribution in [0, 0.1) is 11.6 Å². The van der Waals surface area contributed by atoms with E-state index in [0.717, 1.165) is 25.0 Å². The van der Waals surface area contributed by atoms with Gasteiger partial charge in [0.15, 0.2) is 0 Å². The minimum atomic E-state index is -0.777. The number of anilines is 1. The van der Waals surface area contributed by atoms with Crippen LogP contribution in [0.1, 0.15) is 12.8 Å². The molecule has 0 aromatic heterocycles. The number of hydrogen-bond acceptors (Lipinski definition) is 1. The number of rotatable bonds is 2. The zero-order valence-electron chi connectivity index (χ0n) is 7.89. The van der Waals surface area contributed by atoms with E-state index < -0.39 is 23.4 Å². The first-order valence-corrected chi connectivity index (χ1v) is 4.68. The van der Waals surface area contributed by atoms with Crippen molar-refractivity contribution in [1.29, 1.82) is 0 Å². The van der Waals surface area contributed by atoms with E-state index in [1.54, 1.807) is 0 Å². The average molecular weight is 212 g/mol. The van der Waals surface area contributed by atoms with E-state index in [1.807, 2.05) is 0 Å². The van der Waals surface area contributed by atoms with Gasteiger partial charge in [-0.1, -0.05) is 6.07 Å². The molecule has 1 aliphatic rings. The van der Waals surface area contributed by atoms with E-state index in [0.29, 0.717) is 0 Å². The number of halogens is 2. The molecule has 1 saturated carbocycles. The molecular formula is C10H10F2N2O. The van der Waals surface area contributed by atoms with Gasteiger partial charge in [-0.15, -0.1) is 0 Å². The summed E-state index contributed by atoms with van der Waals surface area (Å²) in [6, 6.07) is 3.02. The lowest BCUT2D eigenvalue weighted by Gasteiger charge is -2.07. The number of carbonyl (C=O) groups is 1. The van der Waals surface area contributed by atoms with Gasteiger partial charge in [-0.2, -0.15) is 0 Å². The molecule has 3 nitrogen and oxygen atoms in total. The molecule has 80 valence electrons.